The molecular formula is C14H16FNO. The highest BCUT2D eigenvalue weighted by Gasteiger charge is 2.16. The fourth-order valence-electron chi connectivity index (χ4n) is 2.61. The lowest BCUT2D eigenvalue weighted by Gasteiger charge is -2.21. The van der Waals surface area contributed by atoms with Crippen LogP contribution in [0.15, 0.2) is 24.4 Å². The third kappa shape index (κ3) is 2.07. The number of nitrogens with one attached hydrogen (secondary N) is 1. The van der Waals surface area contributed by atoms with Gasteiger partial charge in [0.1, 0.15) is 5.82 Å². The van der Waals surface area contributed by atoms with Crippen molar-refractivity contribution >= 4 is 10.9 Å². The van der Waals surface area contributed by atoms with Gasteiger partial charge in [-0.05, 0) is 36.8 Å². The van der Waals surface area contributed by atoms with Crippen LogP contribution < -0.4 is 0 Å². The van der Waals surface area contributed by atoms with Crippen LogP contribution in [0.3, 0.4) is 0 Å². The first-order valence-electron chi connectivity index (χ1n) is 6.17. The maximum Gasteiger partial charge on any atom is 0.147 e. The van der Waals surface area contributed by atoms with Crippen molar-refractivity contribution in [1.29, 1.82) is 0 Å². The molecule has 17 heavy (non-hydrogen) atoms. The standard InChI is InChI=1S/C14H16FNO/c15-13-3-1-2-12-11(9-16-14(12)13)8-10-4-6-17-7-5-10/h1-3,9-10,16H,4-8H2. The van der Waals surface area contributed by atoms with Gasteiger partial charge in [0.2, 0.25) is 0 Å². The Hall–Kier alpha value is -1.35. The molecule has 0 amide bonds. The van der Waals surface area contributed by atoms with E-state index in [-0.39, 0.29) is 5.82 Å². The molecule has 0 radical (unpaired) electrons. The van der Waals surface area contributed by atoms with Crippen molar-refractivity contribution in [2.75, 3.05) is 13.2 Å². The minimum atomic E-state index is -0.166. The SMILES string of the molecule is Fc1cccc2c(CC3CCOCC3)c[nH]c12. The van der Waals surface area contributed by atoms with Gasteiger partial charge in [0.25, 0.3) is 0 Å². The molecule has 0 aliphatic carbocycles. The maximum atomic E-state index is 13.5. The van der Waals surface area contributed by atoms with Crippen molar-refractivity contribution in [3.8, 4) is 0 Å². The zero-order valence-electron chi connectivity index (χ0n) is 9.71. The van der Waals surface area contributed by atoms with Gasteiger partial charge in [0.15, 0.2) is 0 Å². The summed E-state index contributed by atoms with van der Waals surface area (Å²) in [6, 6.07) is 5.26. The zero-order valence-corrected chi connectivity index (χ0v) is 9.71. The average molecular weight is 233 g/mol. The van der Waals surface area contributed by atoms with Gasteiger partial charge in [-0.1, -0.05) is 12.1 Å². The smallest absolute Gasteiger partial charge is 0.147 e. The highest BCUT2D eigenvalue weighted by molar-refractivity contribution is 5.83. The van der Waals surface area contributed by atoms with E-state index in [0.29, 0.717) is 11.4 Å². The number of benzene rings is 1. The van der Waals surface area contributed by atoms with Crippen molar-refractivity contribution in [3.63, 3.8) is 0 Å². The first-order valence-corrected chi connectivity index (χ1v) is 6.17. The van der Waals surface area contributed by atoms with E-state index in [0.717, 1.165) is 37.9 Å². The molecule has 0 atom stereocenters. The van der Waals surface area contributed by atoms with Crippen molar-refractivity contribution < 1.29 is 9.13 Å². The molecule has 1 aromatic carbocycles. The average Bonchev–Trinajstić information content (AvgIpc) is 2.76. The summed E-state index contributed by atoms with van der Waals surface area (Å²) in [6.45, 7) is 1.72. The van der Waals surface area contributed by atoms with Crippen molar-refractivity contribution in [3.05, 3.63) is 35.8 Å². The topological polar surface area (TPSA) is 25.0 Å². The molecule has 1 N–H and O–H groups in total. The number of fused-ring (bicyclic) bond motifs is 1. The first kappa shape index (κ1) is 10.8. The minimum absolute atomic E-state index is 0.166. The van der Waals surface area contributed by atoms with E-state index < -0.39 is 0 Å². The van der Waals surface area contributed by atoms with E-state index in [4.69, 9.17) is 4.74 Å². The van der Waals surface area contributed by atoms with Crippen LogP contribution in [0, 0.1) is 11.7 Å². The number of H-pyrrole nitrogens is 1. The largest absolute Gasteiger partial charge is 0.381 e. The third-order valence-electron chi connectivity index (χ3n) is 3.60. The van der Waals surface area contributed by atoms with Crippen molar-refractivity contribution in [1.82, 2.24) is 4.98 Å². The number of aromatic amines is 1. The van der Waals surface area contributed by atoms with Gasteiger partial charge in [-0.2, -0.15) is 0 Å². The zero-order chi connectivity index (χ0) is 11.7. The van der Waals surface area contributed by atoms with Gasteiger partial charge in [0, 0.05) is 24.8 Å². The summed E-state index contributed by atoms with van der Waals surface area (Å²) >= 11 is 0. The van der Waals surface area contributed by atoms with Crippen LogP contribution in [-0.2, 0) is 11.2 Å². The van der Waals surface area contributed by atoms with E-state index >= 15 is 0 Å². The molecule has 90 valence electrons. The van der Waals surface area contributed by atoms with E-state index in [1.165, 1.54) is 11.6 Å². The summed E-state index contributed by atoms with van der Waals surface area (Å²) < 4.78 is 18.9. The minimum Gasteiger partial charge on any atom is -0.381 e. The Morgan fingerprint density at radius 3 is 2.94 bits per heavy atom. The van der Waals surface area contributed by atoms with Crippen LogP contribution in [0.2, 0.25) is 0 Å². The lowest BCUT2D eigenvalue weighted by molar-refractivity contribution is 0.0666. The quantitative estimate of drug-likeness (QED) is 0.846. The number of para-hydroxylation sites is 1. The maximum absolute atomic E-state index is 13.5. The summed E-state index contributed by atoms with van der Waals surface area (Å²) in [5, 5.41) is 1.02. The molecule has 1 aliphatic heterocycles. The molecule has 3 heteroatoms. The molecule has 2 heterocycles. The van der Waals surface area contributed by atoms with Crippen LogP contribution >= 0.6 is 0 Å². The second-order valence-electron chi connectivity index (χ2n) is 4.74. The second kappa shape index (κ2) is 4.49. The predicted molar refractivity (Wildman–Crippen MR) is 65.5 cm³/mol. The van der Waals surface area contributed by atoms with Crippen LogP contribution in [0.4, 0.5) is 4.39 Å². The first-order chi connectivity index (χ1) is 8.34. The molecular weight excluding hydrogens is 217 g/mol. The Morgan fingerprint density at radius 2 is 2.12 bits per heavy atom. The number of aromatic nitrogens is 1. The Bertz CT molecular complexity index is 514. The summed E-state index contributed by atoms with van der Waals surface area (Å²) in [7, 11) is 0. The fraction of sp³-hybridized carbons (Fsp3) is 0.429. The number of hydrogen-bond donors (Lipinski definition) is 1. The van der Waals surface area contributed by atoms with Gasteiger partial charge in [-0.15, -0.1) is 0 Å². The summed E-state index contributed by atoms with van der Waals surface area (Å²) in [6.07, 6.45) is 5.19. The van der Waals surface area contributed by atoms with Crippen LogP contribution in [0.5, 0.6) is 0 Å². The van der Waals surface area contributed by atoms with Crippen LogP contribution in [-0.4, -0.2) is 18.2 Å². The van der Waals surface area contributed by atoms with Crippen molar-refractivity contribution in [2.45, 2.75) is 19.3 Å². The molecule has 2 aromatic rings. The monoisotopic (exact) mass is 233 g/mol. The normalized spacial score (nSPS) is 17.7. The van der Waals surface area contributed by atoms with E-state index in [2.05, 4.69) is 4.98 Å². The molecule has 1 saturated heterocycles. The Labute approximate surface area is 99.8 Å². The highest BCUT2D eigenvalue weighted by atomic mass is 19.1. The summed E-state index contributed by atoms with van der Waals surface area (Å²) in [5.41, 5.74) is 1.86. The summed E-state index contributed by atoms with van der Waals surface area (Å²) in [5.74, 6) is 0.506. The van der Waals surface area contributed by atoms with Gasteiger partial charge < -0.3 is 9.72 Å². The van der Waals surface area contributed by atoms with E-state index in [1.807, 2.05) is 12.3 Å². The Kier molecular flexibility index (Phi) is 2.85. The lowest BCUT2D eigenvalue weighted by atomic mass is 9.92. The molecule has 2 nitrogen and oxygen atoms in total. The number of halogens is 1. The lowest BCUT2D eigenvalue weighted by Crippen LogP contribution is -2.17. The molecule has 1 aliphatic rings. The number of rotatable bonds is 2. The van der Waals surface area contributed by atoms with Crippen molar-refractivity contribution in [2.24, 2.45) is 5.92 Å². The predicted octanol–water partition coefficient (Wildman–Crippen LogP) is 3.28. The Morgan fingerprint density at radius 1 is 1.29 bits per heavy atom. The molecule has 0 spiro atoms. The van der Waals surface area contributed by atoms with Crippen LogP contribution in [0.1, 0.15) is 18.4 Å². The third-order valence-corrected chi connectivity index (χ3v) is 3.60. The highest BCUT2D eigenvalue weighted by Crippen LogP contribution is 2.26. The van der Waals surface area contributed by atoms with E-state index in [1.54, 1.807) is 6.07 Å². The van der Waals surface area contributed by atoms with Gasteiger partial charge in [0.05, 0.1) is 5.52 Å². The van der Waals surface area contributed by atoms with E-state index in [9.17, 15) is 4.39 Å². The van der Waals surface area contributed by atoms with Gasteiger partial charge in [-0.3, -0.25) is 0 Å². The molecule has 0 saturated carbocycles. The fourth-order valence-corrected chi connectivity index (χ4v) is 2.61. The Balaban J connectivity index is 1.87. The van der Waals surface area contributed by atoms with Gasteiger partial charge in [-0.25, -0.2) is 4.39 Å². The number of hydrogen-bond acceptors (Lipinski definition) is 1. The molecule has 3 rings (SSSR count). The van der Waals surface area contributed by atoms with Gasteiger partial charge >= 0.3 is 0 Å². The molecule has 0 bridgehead atoms. The molecule has 1 fully saturated rings. The molecule has 0 unspecified atom stereocenters. The molecule has 1 aromatic heterocycles. The summed E-state index contributed by atoms with van der Waals surface area (Å²) in [4.78, 5) is 3.04. The number of ether oxygens (including phenoxy) is 1. The second-order valence-corrected chi connectivity index (χ2v) is 4.74. The van der Waals surface area contributed by atoms with Crippen LogP contribution in [0.25, 0.3) is 10.9 Å².